The lowest BCUT2D eigenvalue weighted by atomic mass is 9.96. The smallest absolute Gasteiger partial charge is 0.127 e. The van der Waals surface area contributed by atoms with E-state index in [-0.39, 0.29) is 0 Å². The minimum atomic E-state index is -0.454. The van der Waals surface area contributed by atoms with Crippen LogP contribution in [0.25, 0.3) is 0 Å². The highest BCUT2D eigenvalue weighted by molar-refractivity contribution is 5.47. The Morgan fingerprint density at radius 1 is 1.10 bits per heavy atom. The van der Waals surface area contributed by atoms with Crippen LogP contribution >= 0.6 is 0 Å². The molecule has 1 N–H and O–H groups in total. The van der Waals surface area contributed by atoms with Crippen LogP contribution in [0.4, 0.5) is 0 Å². The number of rotatable bonds is 4. The number of aliphatic hydroxyl groups is 1. The van der Waals surface area contributed by atoms with Crippen molar-refractivity contribution in [2.24, 2.45) is 5.92 Å². The van der Waals surface area contributed by atoms with Gasteiger partial charge in [0.05, 0.1) is 13.2 Å². The quantitative estimate of drug-likeness (QED) is 0.913. The molecular weight excluding hydrogens is 260 g/mol. The molecule has 2 heteroatoms. The molecule has 0 aliphatic heterocycles. The van der Waals surface area contributed by atoms with E-state index in [2.05, 4.69) is 37.3 Å². The fourth-order valence-electron chi connectivity index (χ4n) is 3.19. The van der Waals surface area contributed by atoms with Gasteiger partial charge in [0.15, 0.2) is 0 Å². The van der Waals surface area contributed by atoms with Crippen LogP contribution in [0.15, 0.2) is 42.5 Å². The second kappa shape index (κ2) is 5.53. The lowest BCUT2D eigenvalue weighted by molar-refractivity contribution is 0.147. The highest BCUT2D eigenvalue weighted by Crippen LogP contribution is 2.55. The van der Waals surface area contributed by atoms with E-state index in [9.17, 15) is 5.11 Å². The summed E-state index contributed by atoms with van der Waals surface area (Å²) in [6.07, 6.45) is 0.589. The molecule has 110 valence electrons. The van der Waals surface area contributed by atoms with E-state index >= 15 is 0 Å². The Hall–Kier alpha value is -1.80. The average molecular weight is 282 g/mol. The van der Waals surface area contributed by atoms with Gasteiger partial charge in [-0.05, 0) is 48.8 Å². The number of benzene rings is 2. The molecule has 0 bridgehead atoms. The number of methoxy groups -OCH3 is 1. The van der Waals surface area contributed by atoms with Gasteiger partial charge in [0.1, 0.15) is 5.75 Å². The Labute approximate surface area is 126 Å². The summed E-state index contributed by atoms with van der Waals surface area (Å²) < 4.78 is 5.54. The van der Waals surface area contributed by atoms with Gasteiger partial charge in [-0.1, -0.05) is 42.5 Å². The highest BCUT2D eigenvalue weighted by Gasteiger charge is 2.44. The molecule has 2 nitrogen and oxygen atoms in total. The van der Waals surface area contributed by atoms with Crippen molar-refractivity contribution in [3.63, 3.8) is 0 Å². The first-order chi connectivity index (χ1) is 10.1. The second-order valence-electron chi connectivity index (χ2n) is 5.99. The Kier molecular flexibility index (Phi) is 3.73. The van der Waals surface area contributed by atoms with Gasteiger partial charge in [0.2, 0.25) is 0 Å². The predicted octanol–water partition coefficient (Wildman–Crippen LogP) is 4.15. The van der Waals surface area contributed by atoms with E-state index in [4.69, 9.17) is 4.74 Å². The molecule has 1 aliphatic carbocycles. The summed E-state index contributed by atoms with van der Waals surface area (Å²) in [7, 11) is 1.68. The number of hydrogen-bond donors (Lipinski definition) is 1. The van der Waals surface area contributed by atoms with E-state index in [1.165, 1.54) is 11.1 Å². The normalized spacial score (nSPS) is 21.9. The summed E-state index contributed by atoms with van der Waals surface area (Å²) in [5.41, 5.74) is 4.55. The Balaban J connectivity index is 1.85. The standard InChI is InChI=1S/C19H22O2/c1-12-9-10-15(19(21-3)13(12)2)18(20)17-11-16(17)14-7-5-4-6-8-14/h4-10,16-18,20H,11H2,1-3H3. The van der Waals surface area contributed by atoms with Gasteiger partial charge in [-0.15, -0.1) is 0 Å². The third-order valence-electron chi connectivity index (χ3n) is 4.70. The van der Waals surface area contributed by atoms with Gasteiger partial charge in [0.25, 0.3) is 0 Å². The van der Waals surface area contributed by atoms with Crippen molar-refractivity contribution in [2.75, 3.05) is 7.11 Å². The monoisotopic (exact) mass is 282 g/mol. The molecule has 0 amide bonds. The Bertz CT molecular complexity index is 634. The molecule has 1 fully saturated rings. The summed E-state index contributed by atoms with van der Waals surface area (Å²) in [6, 6.07) is 14.5. The topological polar surface area (TPSA) is 29.5 Å². The first kappa shape index (κ1) is 14.2. The SMILES string of the molecule is COc1c(C(O)C2CC2c2ccccc2)ccc(C)c1C. The molecule has 21 heavy (non-hydrogen) atoms. The molecule has 3 rings (SSSR count). The zero-order valence-corrected chi connectivity index (χ0v) is 12.8. The minimum absolute atomic E-state index is 0.295. The van der Waals surface area contributed by atoms with Gasteiger partial charge in [-0.3, -0.25) is 0 Å². The number of aliphatic hydroxyl groups excluding tert-OH is 1. The van der Waals surface area contributed by atoms with Crippen LogP contribution in [0.2, 0.25) is 0 Å². The Morgan fingerprint density at radius 3 is 2.48 bits per heavy atom. The van der Waals surface area contributed by atoms with Gasteiger partial charge in [-0.2, -0.15) is 0 Å². The summed E-state index contributed by atoms with van der Waals surface area (Å²) in [6.45, 7) is 4.11. The zero-order chi connectivity index (χ0) is 15.0. The fourth-order valence-corrected chi connectivity index (χ4v) is 3.19. The van der Waals surface area contributed by atoms with Crippen molar-refractivity contribution in [3.8, 4) is 5.75 Å². The molecule has 3 atom stereocenters. The molecule has 0 radical (unpaired) electrons. The molecule has 0 saturated heterocycles. The van der Waals surface area contributed by atoms with Gasteiger partial charge in [0, 0.05) is 5.56 Å². The largest absolute Gasteiger partial charge is 0.496 e. The molecule has 0 aromatic heterocycles. The molecule has 0 heterocycles. The summed E-state index contributed by atoms with van der Waals surface area (Å²) in [5.74, 6) is 1.59. The lowest BCUT2D eigenvalue weighted by Gasteiger charge is -2.18. The van der Waals surface area contributed by atoms with Crippen LogP contribution in [0.1, 0.15) is 40.7 Å². The molecule has 3 unspecified atom stereocenters. The molecule has 2 aromatic rings. The highest BCUT2D eigenvalue weighted by atomic mass is 16.5. The molecule has 2 aromatic carbocycles. The predicted molar refractivity (Wildman–Crippen MR) is 84.7 cm³/mol. The van der Waals surface area contributed by atoms with Crippen LogP contribution in [0.5, 0.6) is 5.75 Å². The van der Waals surface area contributed by atoms with Crippen molar-refractivity contribution in [2.45, 2.75) is 32.3 Å². The van der Waals surface area contributed by atoms with Crippen LogP contribution in [-0.4, -0.2) is 12.2 Å². The van der Waals surface area contributed by atoms with Crippen LogP contribution in [-0.2, 0) is 0 Å². The number of hydrogen-bond acceptors (Lipinski definition) is 2. The van der Waals surface area contributed by atoms with E-state index in [1.807, 2.05) is 19.1 Å². The van der Waals surface area contributed by atoms with Gasteiger partial charge in [-0.25, -0.2) is 0 Å². The Morgan fingerprint density at radius 2 is 1.81 bits per heavy atom. The van der Waals surface area contributed by atoms with Crippen molar-refractivity contribution in [3.05, 3.63) is 64.7 Å². The van der Waals surface area contributed by atoms with E-state index in [1.54, 1.807) is 7.11 Å². The van der Waals surface area contributed by atoms with Gasteiger partial charge >= 0.3 is 0 Å². The van der Waals surface area contributed by atoms with Crippen LogP contribution < -0.4 is 4.74 Å². The molecular formula is C19H22O2. The van der Waals surface area contributed by atoms with Gasteiger partial charge < -0.3 is 9.84 Å². The summed E-state index contributed by atoms with van der Waals surface area (Å²) in [4.78, 5) is 0. The third-order valence-corrected chi connectivity index (χ3v) is 4.70. The summed E-state index contributed by atoms with van der Waals surface area (Å²) in [5, 5.41) is 10.7. The maximum Gasteiger partial charge on any atom is 0.127 e. The first-order valence-corrected chi connectivity index (χ1v) is 7.50. The third kappa shape index (κ3) is 2.56. The molecule has 1 aliphatic rings. The van der Waals surface area contributed by atoms with Crippen LogP contribution in [0.3, 0.4) is 0 Å². The summed E-state index contributed by atoms with van der Waals surface area (Å²) >= 11 is 0. The zero-order valence-electron chi connectivity index (χ0n) is 12.8. The maximum absolute atomic E-state index is 10.7. The van der Waals surface area contributed by atoms with Crippen molar-refractivity contribution >= 4 is 0 Å². The van der Waals surface area contributed by atoms with E-state index in [0.717, 1.165) is 23.3 Å². The number of aryl methyl sites for hydroxylation is 1. The average Bonchev–Trinajstić information content (AvgIpc) is 3.30. The number of ether oxygens (including phenoxy) is 1. The van der Waals surface area contributed by atoms with Crippen molar-refractivity contribution < 1.29 is 9.84 Å². The lowest BCUT2D eigenvalue weighted by Crippen LogP contribution is -2.06. The first-order valence-electron chi connectivity index (χ1n) is 7.50. The fraction of sp³-hybridized carbons (Fsp3) is 0.368. The molecule has 0 spiro atoms. The molecule has 1 saturated carbocycles. The van der Waals surface area contributed by atoms with E-state index < -0.39 is 6.10 Å². The second-order valence-corrected chi connectivity index (χ2v) is 5.99. The van der Waals surface area contributed by atoms with Crippen molar-refractivity contribution in [1.82, 2.24) is 0 Å². The van der Waals surface area contributed by atoms with Crippen molar-refractivity contribution in [1.29, 1.82) is 0 Å². The maximum atomic E-state index is 10.7. The van der Waals surface area contributed by atoms with Crippen LogP contribution in [0, 0.1) is 19.8 Å². The minimum Gasteiger partial charge on any atom is -0.496 e. The van der Waals surface area contributed by atoms with E-state index in [0.29, 0.717) is 11.8 Å².